The van der Waals surface area contributed by atoms with Crippen LogP contribution in [0.4, 0.5) is 0 Å². The lowest BCUT2D eigenvalue weighted by atomic mass is 9.90. The summed E-state index contributed by atoms with van der Waals surface area (Å²) in [6.07, 6.45) is 11.0. The third kappa shape index (κ3) is 8.28. The van der Waals surface area contributed by atoms with Gasteiger partial charge >= 0.3 is 5.97 Å². The molecule has 1 saturated heterocycles. The first-order valence-electron chi connectivity index (χ1n) is 18.2. The molecule has 2 amide bonds. The summed E-state index contributed by atoms with van der Waals surface area (Å²) in [5, 5.41) is -0.590. The number of allylic oxidation sites excluding steroid dienone is 2. The van der Waals surface area contributed by atoms with Gasteiger partial charge < -0.3 is 14.4 Å². The van der Waals surface area contributed by atoms with Gasteiger partial charge in [-0.1, -0.05) is 25.0 Å². The lowest BCUT2D eigenvalue weighted by molar-refractivity contribution is -0.159. The fraction of sp³-hybridized carbons (Fsp3) is 0.694. The number of carbonyl (C=O) groups excluding carboxylic acids is 4. The molecule has 14 nitrogen and oxygen atoms in total. The largest absolute Gasteiger partial charge is 0.460 e. The average molecular weight is 727 g/mol. The molecule has 3 fully saturated rings. The van der Waals surface area contributed by atoms with Crippen LogP contribution in [0.1, 0.15) is 111 Å². The van der Waals surface area contributed by atoms with E-state index in [1.807, 2.05) is 30.6 Å². The van der Waals surface area contributed by atoms with Crippen LogP contribution in [-0.4, -0.2) is 85.9 Å². The van der Waals surface area contributed by atoms with Gasteiger partial charge in [0, 0.05) is 24.8 Å². The van der Waals surface area contributed by atoms with Gasteiger partial charge in [0.15, 0.2) is 11.4 Å². The topological polar surface area (TPSA) is 180 Å². The number of ketones is 1. The number of imidazole rings is 1. The molecule has 6 rings (SSSR count). The summed E-state index contributed by atoms with van der Waals surface area (Å²) in [7, 11) is -3.84. The number of Topliss-reactive ketones (excluding diaryl/α,β-unsaturated/α-hetero) is 1. The lowest BCUT2D eigenvalue weighted by Crippen LogP contribution is -2.46. The van der Waals surface area contributed by atoms with Crippen molar-refractivity contribution >= 4 is 44.8 Å². The molecule has 5 atom stereocenters. The van der Waals surface area contributed by atoms with Crippen molar-refractivity contribution in [3.05, 3.63) is 24.7 Å². The molecule has 1 N–H and O–H groups in total. The van der Waals surface area contributed by atoms with Crippen LogP contribution >= 0.6 is 0 Å². The van der Waals surface area contributed by atoms with E-state index in [9.17, 15) is 27.6 Å². The first-order chi connectivity index (χ1) is 24.1. The number of nitrogens with zero attached hydrogens (tertiary/aromatic N) is 5. The maximum absolute atomic E-state index is 14.5. The van der Waals surface area contributed by atoms with E-state index in [1.54, 1.807) is 27.0 Å². The number of carbonyl (C=O) groups is 4. The van der Waals surface area contributed by atoms with E-state index in [4.69, 9.17) is 9.47 Å². The smallest absolute Gasteiger partial charge is 0.307 e. The van der Waals surface area contributed by atoms with Crippen molar-refractivity contribution in [3.63, 3.8) is 0 Å². The predicted molar refractivity (Wildman–Crippen MR) is 187 cm³/mol. The predicted octanol–water partition coefficient (Wildman–Crippen LogP) is 4.20. The SMILES string of the molecule is CC(C)n1c(O[C@@H]2C[C@H]3C(=O)C[C@]4(C(=O)NS(=O)(=O)C5CC5)C[C@@H]4/C=C\CCCCC[C@H](CC(=O)OC(C)(C)C)C(=O)N3C2)nc2cncnc21. The molecule has 0 radical (unpaired) electrons. The van der Waals surface area contributed by atoms with Crippen molar-refractivity contribution in [1.82, 2.24) is 29.1 Å². The summed E-state index contributed by atoms with van der Waals surface area (Å²) in [6, 6.07) is -0.745. The van der Waals surface area contributed by atoms with Gasteiger partial charge in [0.25, 0.3) is 6.01 Å². The van der Waals surface area contributed by atoms with Gasteiger partial charge in [-0.15, -0.1) is 0 Å². The number of esters is 1. The Morgan fingerprint density at radius 2 is 1.88 bits per heavy atom. The molecule has 278 valence electrons. The van der Waals surface area contributed by atoms with Gasteiger partial charge in [0.2, 0.25) is 21.8 Å². The van der Waals surface area contributed by atoms with Crippen molar-refractivity contribution in [2.45, 2.75) is 134 Å². The molecular formula is C36H50N6O8S. The normalized spacial score (nSPS) is 28.4. The second-order valence-electron chi connectivity index (χ2n) is 15.9. The highest BCUT2D eigenvalue weighted by atomic mass is 32.2. The van der Waals surface area contributed by atoms with E-state index in [0.717, 1.165) is 19.3 Å². The Hall–Kier alpha value is -3.88. The van der Waals surface area contributed by atoms with E-state index >= 15 is 0 Å². The molecule has 4 aliphatic rings. The van der Waals surface area contributed by atoms with E-state index in [2.05, 4.69) is 19.7 Å². The summed E-state index contributed by atoms with van der Waals surface area (Å²) < 4.78 is 41.8. The average Bonchev–Trinajstić information content (AvgIpc) is 3.94. The van der Waals surface area contributed by atoms with Gasteiger partial charge in [-0.2, -0.15) is 4.98 Å². The van der Waals surface area contributed by atoms with Crippen molar-refractivity contribution in [3.8, 4) is 6.01 Å². The molecule has 2 saturated carbocycles. The van der Waals surface area contributed by atoms with Gasteiger partial charge in [-0.05, 0) is 79.1 Å². The Morgan fingerprint density at radius 1 is 1.12 bits per heavy atom. The zero-order valence-electron chi connectivity index (χ0n) is 30.2. The standard InChI is InChI=1S/C36H50N6O8S/c1-22(2)42-31-27(19-37-21-38-31)39-34(42)49-25-16-28-29(43)18-36(33(46)40-51(47,48)26-13-14-26)17-24(36)12-10-8-6-7-9-11-23(32(45)41(28)20-25)15-30(44)50-35(3,4)5/h10,12,19,21-26,28H,6-9,11,13-18,20H2,1-5H3,(H,40,46)/b12-10-/t23-,24+,25-,28+,36-/m1/s1. The number of rotatable bonds is 8. The van der Waals surface area contributed by atoms with Gasteiger partial charge in [0.05, 0.1) is 35.9 Å². The molecule has 51 heavy (non-hydrogen) atoms. The zero-order chi connectivity index (χ0) is 36.7. The molecule has 2 aromatic rings. The molecule has 0 bridgehead atoms. The highest BCUT2D eigenvalue weighted by molar-refractivity contribution is 7.90. The van der Waals surface area contributed by atoms with Crippen molar-refractivity contribution < 1.29 is 37.1 Å². The van der Waals surface area contributed by atoms with Crippen LogP contribution in [0.3, 0.4) is 0 Å². The molecule has 4 heterocycles. The fourth-order valence-corrected chi connectivity index (χ4v) is 8.82. The summed E-state index contributed by atoms with van der Waals surface area (Å²) >= 11 is 0. The van der Waals surface area contributed by atoms with Gasteiger partial charge in [0.1, 0.15) is 23.5 Å². The number of nitrogens with one attached hydrogen (secondary N) is 1. The van der Waals surface area contributed by atoms with E-state index in [-0.39, 0.29) is 55.5 Å². The minimum atomic E-state index is -3.84. The first kappa shape index (κ1) is 36.9. The quantitative estimate of drug-likeness (QED) is 0.304. The highest BCUT2D eigenvalue weighted by Gasteiger charge is 2.61. The van der Waals surface area contributed by atoms with Crippen molar-refractivity contribution in [1.29, 1.82) is 0 Å². The Balaban J connectivity index is 1.31. The molecule has 0 spiro atoms. The maximum atomic E-state index is 14.5. The molecule has 2 aliphatic carbocycles. The highest BCUT2D eigenvalue weighted by Crippen LogP contribution is 2.57. The number of fused-ring (bicyclic) bond motifs is 3. The number of aromatic nitrogens is 4. The number of hydrogen-bond donors (Lipinski definition) is 1. The van der Waals surface area contributed by atoms with Crippen LogP contribution in [0.25, 0.3) is 11.2 Å². The Labute approximate surface area is 299 Å². The van der Waals surface area contributed by atoms with E-state index in [1.165, 1.54) is 11.2 Å². The number of hydrogen-bond acceptors (Lipinski definition) is 11. The van der Waals surface area contributed by atoms with Gasteiger partial charge in [-0.25, -0.2) is 18.4 Å². The molecule has 0 unspecified atom stereocenters. The van der Waals surface area contributed by atoms with E-state index in [0.29, 0.717) is 43.3 Å². The Kier molecular flexibility index (Phi) is 10.3. The maximum Gasteiger partial charge on any atom is 0.307 e. The van der Waals surface area contributed by atoms with Crippen LogP contribution in [0.2, 0.25) is 0 Å². The molecule has 2 aliphatic heterocycles. The van der Waals surface area contributed by atoms with Gasteiger partial charge in [-0.3, -0.25) is 28.5 Å². The van der Waals surface area contributed by atoms with Crippen LogP contribution in [0.5, 0.6) is 6.01 Å². The summed E-state index contributed by atoms with van der Waals surface area (Å²) in [5.41, 5.74) is -0.828. The Bertz CT molecular complexity index is 1810. The second kappa shape index (κ2) is 14.3. The monoisotopic (exact) mass is 726 g/mol. The van der Waals surface area contributed by atoms with E-state index < -0.39 is 56.2 Å². The summed E-state index contributed by atoms with van der Waals surface area (Å²) in [5.74, 6) is -2.87. The Morgan fingerprint density at radius 3 is 2.59 bits per heavy atom. The molecule has 15 heteroatoms. The summed E-state index contributed by atoms with van der Waals surface area (Å²) in [4.78, 5) is 70.3. The molecule has 2 aromatic heterocycles. The van der Waals surface area contributed by atoms with Crippen molar-refractivity contribution in [2.24, 2.45) is 17.3 Å². The van der Waals surface area contributed by atoms with Crippen LogP contribution in [0.15, 0.2) is 24.7 Å². The lowest BCUT2D eigenvalue weighted by Gasteiger charge is -2.29. The number of sulfonamides is 1. The summed E-state index contributed by atoms with van der Waals surface area (Å²) in [6.45, 7) is 9.32. The van der Waals surface area contributed by atoms with Crippen LogP contribution in [-0.2, 0) is 33.9 Å². The minimum absolute atomic E-state index is 0.0611. The number of amides is 2. The molecular weight excluding hydrogens is 676 g/mol. The zero-order valence-corrected chi connectivity index (χ0v) is 31.0. The minimum Gasteiger partial charge on any atom is -0.460 e. The third-order valence-corrected chi connectivity index (χ3v) is 12.1. The third-order valence-electron chi connectivity index (χ3n) is 10.3. The second-order valence-corrected chi connectivity index (χ2v) is 17.9. The fourth-order valence-electron chi connectivity index (χ4n) is 7.43. The molecule has 0 aromatic carbocycles. The van der Waals surface area contributed by atoms with Crippen LogP contribution in [0, 0.1) is 17.3 Å². The van der Waals surface area contributed by atoms with Crippen LogP contribution < -0.4 is 9.46 Å². The number of ether oxygens (including phenoxy) is 2. The first-order valence-corrected chi connectivity index (χ1v) is 19.7. The van der Waals surface area contributed by atoms with Crippen molar-refractivity contribution in [2.75, 3.05) is 6.54 Å².